The number of aromatic nitrogens is 1. The Hall–Kier alpha value is -1.89. The third-order valence-corrected chi connectivity index (χ3v) is 13.0. The predicted molar refractivity (Wildman–Crippen MR) is 158 cm³/mol. The topological polar surface area (TPSA) is 113 Å². The maximum absolute atomic E-state index is 13.2. The first-order valence-corrected chi connectivity index (χ1v) is 16.4. The molecule has 0 aliphatic heterocycles. The van der Waals surface area contributed by atoms with Gasteiger partial charge in [0.25, 0.3) is 5.91 Å². The Kier molecular flexibility index (Phi) is 8.43. The number of hydrogen-bond acceptors (Lipinski definition) is 5. The van der Waals surface area contributed by atoms with Crippen LogP contribution in [0.15, 0.2) is 4.52 Å². The van der Waals surface area contributed by atoms with E-state index in [1.807, 2.05) is 20.8 Å². The third-order valence-electron chi connectivity index (χ3n) is 13.0. The van der Waals surface area contributed by atoms with Crippen LogP contribution >= 0.6 is 0 Å². The summed E-state index contributed by atoms with van der Waals surface area (Å²) >= 11 is 0. The van der Waals surface area contributed by atoms with Gasteiger partial charge in [-0.1, -0.05) is 39.8 Å². The van der Waals surface area contributed by atoms with Crippen molar-refractivity contribution in [3.63, 3.8) is 0 Å². The van der Waals surface area contributed by atoms with Gasteiger partial charge in [0.1, 0.15) is 11.3 Å². The van der Waals surface area contributed by atoms with Gasteiger partial charge in [-0.15, -0.1) is 0 Å². The second-order valence-corrected chi connectivity index (χ2v) is 15.4. The van der Waals surface area contributed by atoms with Crippen molar-refractivity contribution in [2.75, 3.05) is 0 Å². The highest BCUT2D eigenvalue weighted by Gasteiger charge is 2.63. The lowest BCUT2D eigenvalue weighted by Crippen LogP contribution is -2.60. The van der Waals surface area contributed by atoms with Crippen molar-refractivity contribution in [2.45, 2.75) is 125 Å². The minimum Gasteiger partial charge on any atom is -0.481 e. The summed E-state index contributed by atoms with van der Waals surface area (Å²) < 4.78 is 5.25. The molecule has 4 fully saturated rings. The molecule has 0 spiro atoms. The molecule has 2 unspecified atom stereocenters. The van der Waals surface area contributed by atoms with Gasteiger partial charge in [-0.2, -0.15) is 0 Å². The van der Waals surface area contributed by atoms with Crippen LogP contribution in [-0.4, -0.2) is 39.4 Å². The minimum absolute atomic E-state index is 0.0767. The van der Waals surface area contributed by atoms with Gasteiger partial charge in [-0.05, 0) is 130 Å². The van der Waals surface area contributed by atoms with Crippen molar-refractivity contribution in [3.8, 4) is 0 Å². The summed E-state index contributed by atoms with van der Waals surface area (Å²) in [5.74, 6) is 2.58. The summed E-state index contributed by atoms with van der Waals surface area (Å²) in [5.41, 5.74) is 1.51. The molecule has 4 aliphatic rings. The van der Waals surface area contributed by atoms with E-state index < -0.39 is 5.97 Å². The Balaban J connectivity index is 1.30. The van der Waals surface area contributed by atoms with Crippen molar-refractivity contribution < 1.29 is 24.3 Å². The monoisotopic (exact) mass is 570 g/mol. The second kappa shape index (κ2) is 11.3. The normalized spacial score (nSPS) is 39.9. The molecule has 7 nitrogen and oxygen atoms in total. The second-order valence-electron chi connectivity index (χ2n) is 15.4. The molecule has 5 rings (SSSR count). The van der Waals surface area contributed by atoms with E-state index in [0.717, 1.165) is 44.9 Å². The molecule has 230 valence electrons. The molecule has 0 aromatic carbocycles. The van der Waals surface area contributed by atoms with Gasteiger partial charge >= 0.3 is 5.97 Å². The number of aliphatic hydroxyl groups is 1. The summed E-state index contributed by atoms with van der Waals surface area (Å²) in [6, 6.07) is 0.126. The minimum atomic E-state index is -0.662. The summed E-state index contributed by atoms with van der Waals surface area (Å²) in [7, 11) is 0. The van der Waals surface area contributed by atoms with E-state index >= 15 is 0 Å². The van der Waals surface area contributed by atoms with Gasteiger partial charge in [-0.25, -0.2) is 0 Å². The van der Waals surface area contributed by atoms with Crippen LogP contribution in [0.3, 0.4) is 0 Å². The molecule has 1 aromatic rings. The van der Waals surface area contributed by atoms with Gasteiger partial charge < -0.3 is 20.1 Å². The largest absolute Gasteiger partial charge is 0.481 e. The Morgan fingerprint density at radius 2 is 1.73 bits per heavy atom. The molecule has 3 N–H and O–H groups in total. The maximum Gasteiger partial charge on any atom is 0.306 e. The van der Waals surface area contributed by atoms with E-state index in [1.165, 1.54) is 19.3 Å². The highest BCUT2D eigenvalue weighted by atomic mass is 16.5. The molecule has 0 saturated heterocycles. The number of aryl methyl sites for hydroxylation is 2. The number of nitrogens with zero attached hydrogens (tertiary/aromatic N) is 1. The van der Waals surface area contributed by atoms with Crippen molar-refractivity contribution >= 4 is 11.9 Å². The summed E-state index contributed by atoms with van der Waals surface area (Å²) in [6.07, 6.45) is 10.00. The number of nitrogens with one attached hydrogen (secondary N) is 1. The van der Waals surface area contributed by atoms with Crippen LogP contribution in [0.25, 0.3) is 0 Å². The molecule has 41 heavy (non-hydrogen) atoms. The first-order valence-electron chi connectivity index (χ1n) is 16.4. The molecule has 7 heteroatoms. The lowest BCUT2D eigenvalue weighted by molar-refractivity contribution is -0.167. The highest BCUT2D eigenvalue weighted by molar-refractivity contribution is 5.96. The molecule has 0 bridgehead atoms. The van der Waals surface area contributed by atoms with E-state index in [2.05, 4.69) is 31.2 Å². The van der Waals surface area contributed by atoms with Crippen LogP contribution in [0.4, 0.5) is 0 Å². The Morgan fingerprint density at radius 1 is 1.02 bits per heavy atom. The molecule has 11 atom stereocenters. The number of fused-ring (bicyclic) bond motifs is 5. The molecular weight excluding hydrogens is 516 g/mol. The van der Waals surface area contributed by atoms with Crippen LogP contribution in [0, 0.1) is 72.0 Å². The maximum atomic E-state index is 13.2. The van der Waals surface area contributed by atoms with E-state index in [1.54, 1.807) is 6.92 Å². The molecule has 1 amide bonds. The summed E-state index contributed by atoms with van der Waals surface area (Å²) in [5, 5.41) is 28.7. The number of carbonyl (C=O) groups is 2. The SMILES string of the molecule is Cc1noc(C)c1C(=O)NC1CC[C@H]2C[C@@H](O)[C@@H]3[C@H](CC[C@]4(C)[C@@H]([C@H](C)CCC(C(=O)O)C(C)C)CC[C@@H]34)[C@@]2(C)C1. The van der Waals surface area contributed by atoms with Crippen LogP contribution in [0.2, 0.25) is 0 Å². The highest BCUT2D eigenvalue weighted by Crippen LogP contribution is 2.68. The van der Waals surface area contributed by atoms with Crippen molar-refractivity contribution in [3.05, 3.63) is 17.0 Å². The summed E-state index contributed by atoms with van der Waals surface area (Å²) in [6.45, 7) is 15.0. The Labute approximate surface area is 246 Å². The number of carbonyl (C=O) groups excluding carboxylic acids is 1. The molecule has 4 saturated carbocycles. The van der Waals surface area contributed by atoms with E-state index in [9.17, 15) is 19.8 Å². The van der Waals surface area contributed by atoms with Gasteiger partial charge in [0.05, 0.1) is 17.7 Å². The van der Waals surface area contributed by atoms with Gasteiger partial charge in [0.2, 0.25) is 0 Å². The molecule has 4 aliphatic carbocycles. The zero-order valence-corrected chi connectivity index (χ0v) is 26.4. The third kappa shape index (κ3) is 5.27. The number of carboxylic acids is 1. The average molecular weight is 571 g/mol. The van der Waals surface area contributed by atoms with Gasteiger partial charge in [0, 0.05) is 6.04 Å². The first-order chi connectivity index (χ1) is 19.3. The number of rotatable bonds is 8. The Morgan fingerprint density at radius 3 is 2.37 bits per heavy atom. The van der Waals surface area contributed by atoms with Crippen molar-refractivity contribution in [1.82, 2.24) is 10.5 Å². The van der Waals surface area contributed by atoms with Crippen molar-refractivity contribution in [2.24, 2.45) is 58.2 Å². The number of amides is 1. The average Bonchev–Trinajstić information content (AvgIpc) is 3.42. The number of aliphatic hydroxyl groups excluding tert-OH is 1. The standard InChI is InChI=1S/C34H54N2O5/c1-18(2)24(32(39)40)11-8-19(3)25-12-13-26-30-27(14-15-33(25,26)6)34(7)17-23(10-9-22(34)16-28(30)37)35-31(38)29-20(4)36-41-21(29)5/h18-19,22-28,30,37H,8-17H2,1-7H3,(H,35,38)(H,39,40)/t19-,22+,23?,24?,25-,26+,27+,28-,30+,33-,34+/m1/s1. The predicted octanol–water partition coefficient (Wildman–Crippen LogP) is 6.79. The Bertz CT molecular complexity index is 1110. The van der Waals surface area contributed by atoms with Crippen molar-refractivity contribution in [1.29, 1.82) is 0 Å². The summed E-state index contributed by atoms with van der Waals surface area (Å²) in [4.78, 5) is 25.0. The molecule has 1 heterocycles. The van der Waals surface area contributed by atoms with Crippen LogP contribution in [0.5, 0.6) is 0 Å². The fourth-order valence-corrected chi connectivity index (χ4v) is 10.9. The van der Waals surface area contributed by atoms with Crippen LogP contribution in [0.1, 0.15) is 121 Å². The molecule has 1 aromatic heterocycles. The number of hydrogen-bond donors (Lipinski definition) is 3. The lowest BCUT2D eigenvalue weighted by atomic mass is 9.43. The molecular formula is C34H54N2O5. The van der Waals surface area contributed by atoms with Crippen LogP contribution in [-0.2, 0) is 4.79 Å². The first kappa shape index (κ1) is 30.6. The van der Waals surface area contributed by atoms with E-state index in [4.69, 9.17) is 4.52 Å². The fraction of sp³-hybridized carbons (Fsp3) is 0.853. The number of aliphatic carboxylic acids is 1. The zero-order chi connectivity index (χ0) is 29.9. The van der Waals surface area contributed by atoms with E-state index in [0.29, 0.717) is 52.5 Å². The fourth-order valence-electron chi connectivity index (χ4n) is 10.9. The molecule has 0 radical (unpaired) electrons. The smallest absolute Gasteiger partial charge is 0.306 e. The van der Waals surface area contributed by atoms with E-state index in [-0.39, 0.29) is 40.7 Å². The number of carboxylic acid groups (broad SMARTS) is 1. The quantitative estimate of drug-likeness (QED) is 0.317. The van der Waals surface area contributed by atoms with Gasteiger partial charge in [0.15, 0.2) is 0 Å². The zero-order valence-electron chi connectivity index (χ0n) is 26.4. The lowest BCUT2D eigenvalue weighted by Gasteiger charge is -2.62. The van der Waals surface area contributed by atoms with Crippen LogP contribution < -0.4 is 5.32 Å². The van der Waals surface area contributed by atoms with Gasteiger partial charge in [-0.3, -0.25) is 9.59 Å².